The van der Waals surface area contributed by atoms with Crippen LogP contribution in [0.25, 0.3) is 0 Å². The first kappa shape index (κ1) is 17.0. The molecular formula is C14H23IN4O. The predicted molar refractivity (Wildman–Crippen MR) is 91.5 cm³/mol. The SMILES string of the molecule is COc1ncccc1CN=C(N)NC1CCCCC1.I. The number of aromatic nitrogens is 1. The van der Waals surface area contributed by atoms with Crippen LogP contribution in [0, 0.1) is 0 Å². The normalized spacial score (nSPS) is 16.4. The van der Waals surface area contributed by atoms with Crippen molar-refractivity contribution in [2.75, 3.05) is 7.11 Å². The molecule has 0 bridgehead atoms. The maximum absolute atomic E-state index is 5.92. The Bertz CT molecular complexity index is 433. The molecule has 0 saturated heterocycles. The van der Waals surface area contributed by atoms with Gasteiger partial charge in [0.25, 0.3) is 0 Å². The number of ether oxygens (including phenoxy) is 1. The Morgan fingerprint density at radius 2 is 2.20 bits per heavy atom. The van der Waals surface area contributed by atoms with Gasteiger partial charge in [-0.25, -0.2) is 9.98 Å². The smallest absolute Gasteiger partial charge is 0.218 e. The van der Waals surface area contributed by atoms with Gasteiger partial charge in [-0.1, -0.05) is 25.3 Å². The molecule has 0 unspecified atom stereocenters. The zero-order chi connectivity index (χ0) is 13.5. The molecule has 1 heterocycles. The van der Waals surface area contributed by atoms with Crippen molar-refractivity contribution in [2.45, 2.75) is 44.7 Å². The van der Waals surface area contributed by atoms with Crippen molar-refractivity contribution in [3.8, 4) is 5.88 Å². The van der Waals surface area contributed by atoms with Crippen LogP contribution in [0.5, 0.6) is 5.88 Å². The van der Waals surface area contributed by atoms with Crippen molar-refractivity contribution in [3.05, 3.63) is 23.9 Å². The van der Waals surface area contributed by atoms with Gasteiger partial charge < -0.3 is 15.8 Å². The molecule has 0 spiro atoms. The summed E-state index contributed by atoms with van der Waals surface area (Å²) in [6.07, 6.45) is 7.97. The molecule has 0 aromatic carbocycles. The fraction of sp³-hybridized carbons (Fsp3) is 0.571. The van der Waals surface area contributed by atoms with E-state index in [9.17, 15) is 0 Å². The Morgan fingerprint density at radius 3 is 2.90 bits per heavy atom. The Balaban J connectivity index is 0.00000200. The van der Waals surface area contributed by atoms with Crippen LogP contribution in [0.1, 0.15) is 37.7 Å². The van der Waals surface area contributed by atoms with Gasteiger partial charge in [-0.2, -0.15) is 0 Å². The van der Waals surface area contributed by atoms with Crippen LogP contribution in [0.2, 0.25) is 0 Å². The summed E-state index contributed by atoms with van der Waals surface area (Å²) < 4.78 is 5.19. The molecule has 1 aliphatic carbocycles. The number of nitrogens with two attached hydrogens (primary N) is 1. The highest BCUT2D eigenvalue weighted by atomic mass is 127. The number of hydrogen-bond acceptors (Lipinski definition) is 3. The Hall–Kier alpha value is -1.05. The third-order valence-corrected chi connectivity index (χ3v) is 3.42. The molecule has 3 N–H and O–H groups in total. The third-order valence-electron chi connectivity index (χ3n) is 3.42. The Kier molecular flexibility index (Phi) is 7.64. The van der Waals surface area contributed by atoms with Crippen molar-refractivity contribution in [1.82, 2.24) is 10.3 Å². The van der Waals surface area contributed by atoms with Crippen LogP contribution in [0.4, 0.5) is 0 Å². The first-order chi connectivity index (χ1) is 9.29. The molecule has 6 heteroatoms. The molecule has 20 heavy (non-hydrogen) atoms. The van der Waals surface area contributed by atoms with Crippen molar-refractivity contribution in [1.29, 1.82) is 0 Å². The maximum atomic E-state index is 5.92. The van der Waals surface area contributed by atoms with E-state index in [4.69, 9.17) is 10.5 Å². The molecule has 1 fully saturated rings. The lowest BCUT2D eigenvalue weighted by molar-refractivity contribution is 0.392. The monoisotopic (exact) mass is 390 g/mol. The van der Waals surface area contributed by atoms with E-state index < -0.39 is 0 Å². The van der Waals surface area contributed by atoms with E-state index in [1.165, 1.54) is 32.1 Å². The Labute approximate surface area is 137 Å². The number of methoxy groups -OCH3 is 1. The summed E-state index contributed by atoms with van der Waals surface area (Å²) in [6, 6.07) is 4.30. The molecule has 1 aliphatic rings. The second-order valence-corrected chi connectivity index (χ2v) is 4.85. The molecule has 1 aromatic rings. The predicted octanol–water partition coefficient (Wildman–Crippen LogP) is 2.45. The number of rotatable bonds is 4. The largest absolute Gasteiger partial charge is 0.481 e. The van der Waals surface area contributed by atoms with E-state index in [-0.39, 0.29) is 24.0 Å². The van der Waals surface area contributed by atoms with E-state index in [0.29, 0.717) is 24.4 Å². The number of aliphatic imine (C=N–C) groups is 1. The Morgan fingerprint density at radius 1 is 1.45 bits per heavy atom. The fourth-order valence-corrected chi connectivity index (χ4v) is 2.40. The summed E-state index contributed by atoms with van der Waals surface area (Å²) in [7, 11) is 1.61. The second kappa shape index (κ2) is 8.99. The number of pyridine rings is 1. The molecular weight excluding hydrogens is 367 g/mol. The highest BCUT2D eigenvalue weighted by molar-refractivity contribution is 14.0. The van der Waals surface area contributed by atoms with Crippen LogP contribution in [0.15, 0.2) is 23.3 Å². The quantitative estimate of drug-likeness (QED) is 0.471. The van der Waals surface area contributed by atoms with E-state index >= 15 is 0 Å². The van der Waals surface area contributed by atoms with Crippen LogP contribution < -0.4 is 15.8 Å². The van der Waals surface area contributed by atoms with E-state index in [2.05, 4.69) is 15.3 Å². The van der Waals surface area contributed by atoms with E-state index in [0.717, 1.165) is 5.56 Å². The minimum absolute atomic E-state index is 0. The molecule has 2 rings (SSSR count). The molecule has 0 aliphatic heterocycles. The van der Waals surface area contributed by atoms with Crippen molar-refractivity contribution >= 4 is 29.9 Å². The second-order valence-electron chi connectivity index (χ2n) is 4.85. The lowest BCUT2D eigenvalue weighted by Gasteiger charge is -2.23. The van der Waals surface area contributed by atoms with Crippen molar-refractivity contribution in [2.24, 2.45) is 10.7 Å². The maximum Gasteiger partial charge on any atom is 0.218 e. The summed E-state index contributed by atoms with van der Waals surface area (Å²) in [5, 5.41) is 3.29. The van der Waals surface area contributed by atoms with Crippen LogP contribution in [0.3, 0.4) is 0 Å². The minimum Gasteiger partial charge on any atom is -0.481 e. The molecule has 1 saturated carbocycles. The van der Waals surface area contributed by atoms with Gasteiger partial charge in [0, 0.05) is 17.8 Å². The minimum atomic E-state index is 0. The average Bonchev–Trinajstić information content (AvgIpc) is 2.46. The summed E-state index contributed by atoms with van der Waals surface area (Å²) in [4.78, 5) is 8.50. The molecule has 112 valence electrons. The van der Waals surface area contributed by atoms with Crippen molar-refractivity contribution < 1.29 is 4.74 Å². The standard InChI is InChI=1S/C14H22N4O.HI/c1-19-13-11(6-5-9-16-13)10-17-14(15)18-12-7-3-2-4-8-12;/h5-6,9,12H,2-4,7-8,10H2,1H3,(H3,15,17,18);1H. The van der Waals surface area contributed by atoms with Crippen LogP contribution in [-0.4, -0.2) is 24.1 Å². The highest BCUT2D eigenvalue weighted by Gasteiger charge is 2.13. The van der Waals surface area contributed by atoms with Gasteiger partial charge in [-0.15, -0.1) is 24.0 Å². The zero-order valence-electron chi connectivity index (χ0n) is 11.8. The summed E-state index contributed by atoms with van der Waals surface area (Å²) in [5.74, 6) is 1.12. The molecule has 0 atom stereocenters. The highest BCUT2D eigenvalue weighted by Crippen LogP contribution is 2.17. The average molecular weight is 390 g/mol. The van der Waals surface area contributed by atoms with E-state index in [1.807, 2.05) is 12.1 Å². The van der Waals surface area contributed by atoms with E-state index in [1.54, 1.807) is 13.3 Å². The number of guanidine groups is 1. The van der Waals surface area contributed by atoms with Gasteiger partial charge in [-0.05, 0) is 18.9 Å². The number of hydrogen-bond donors (Lipinski definition) is 2. The summed E-state index contributed by atoms with van der Waals surface area (Å²) in [5.41, 5.74) is 6.86. The van der Waals surface area contributed by atoms with Gasteiger partial charge in [0.2, 0.25) is 5.88 Å². The summed E-state index contributed by atoms with van der Waals surface area (Å²) >= 11 is 0. The number of nitrogens with zero attached hydrogens (tertiary/aromatic N) is 2. The van der Waals surface area contributed by atoms with Gasteiger partial charge in [-0.3, -0.25) is 0 Å². The summed E-state index contributed by atoms with van der Waals surface area (Å²) in [6.45, 7) is 0.489. The molecule has 5 nitrogen and oxygen atoms in total. The zero-order valence-corrected chi connectivity index (χ0v) is 14.2. The fourth-order valence-electron chi connectivity index (χ4n) is 2.40. The van der Waals surface area contributed by atoms with Gasteiger partial charge >= 0.3 is 0 Å². The first-order valence-corrected chi connectivity index (χ1v) is 6.84. The first-order valence-electron chi connectivity index (χ1n) is 6.84. The third kappa shape index (κ3) is 5.15. The lowest BCUT2D eigenvalue weighted by atomic mass is 9.96. The number of halogens is 1. The van der Waals surface area contributed by atoms with Crippen LogP contribution >= 0.6 is 24.0 Å². The van der Waals surface area contributed by atoms with Gasteiger partial charge in [0.15, 0.2) is 5.96 Å². The lowest BCUT2D eigenvalue weighted by Crippen LogP contribution is -2.41. The molecule has 1 aromatic heterocycles. The topological polar surface area (TPSA) is 72.5 Å². The molecule has 0 radical (unpaired) electrons. The van der Waals surface area contributed by atoms with Crippen LogP contribution in [-0.2, 0) is 6.54 Å². The van der Waals surface area contributed by atoms with Gasteiger partial charge in [0.05, 0.1) is 13.7 Å². The number of nitrogens with one attached hydrogen (secondary N) is 1. The van der Waals surface area contributed by atoms with Gasteiger partial charge in [0.1, 0.15) is 0 Å². The van der Waals surface area contributed by atoms with Crippen molar-refractivity contribution in [3.63, 3.8) is 0 Å². The molecule has 0 amide bonds.